The number of sulfonamides is 1. The van der Waals surface area contributed by atoms with Crippen LogP contribution in [0.2, 0.25) is 0 Å². The molecule has 2 heterocycles. The second-order valence-electron chi connectivity index (χ2n) is 4.89. The minimum Gasteiger partial charge on any atom is -0.469 e. The van der Waals surface area contributed by atoms with E-state index in [-0.39, 0.29) is 6.04 Å². The van der Waals surface area contributed by atoms with Crippen LogP contribution in [-0.2, 0) is 23.0 Å². The molecule has 2 aromatic heterocycles. The van der Waals surface area contributed by atoms with Gasteiger partial charge in [0.2, 0.25) is 10.0 Å². The molecule has 0 amide bonds. The van der Waals surface area contributed by atoms with Crippen molar-refractivity contribution < 1.29 is 12.8 Å². The van der Waals surface area contributed by atoms with E-state index in [1.54, 1.807) is 12.3 Å². The summed E-state index contributed by atoms with van der Waals surface area (Å²) in [5.41, 5.74) is 0. The molecule has 2 aromatic rings. The van der Waals surface area contributed by atoms with Gasteiger partial charge in [-0.2, -0.15) is 0 Å². The van der Waals surface area contributed by atoms with E-state index >= 15 is 0 Å². The number of rotatable bonds is 8. The first-order valence-electron chi connectivity index (χ1n) is 6.79. The van der Waals surface area contributed by atoms with Crippen molar-refractivity contribution in [2.45, 2.75) is 36.6 Å². The second-order valence-corrected chi connectivity index (χ2v) is 8.00. The SMILES string of the molecule is CNCc1ccc(S(=O)(=O)NC(C)CCc2ccco2)s1. The molecule has 0 fully saturated rings. The molecule has 0 aliphatic heterocycles. The van der Waals surface area contributed by atoms with Crippen LogP contribution in [0.4, 0.5) is 0 Å². The Morgan fingerprint density at radius 2 is 2.14 bits per heavy atom. The van der Waals surface area contributed by atoms with Gasteiger partial charge in [-0.3, -0.25) is 0 Å². The molecule has 2 rings (SSSR count). The highest BCUT2D eigenvalue weighted by Crippen LogP contribution is 2.22. The molecule has 0 saturated carbocycles. The summed E-state index contributed by atoms with van der Waals surface area (Å²) in [6.45, 7) is 2.54. The maximum atomic E-state index is 12.3. The normalized spacial score (nSPS) is 13.4. The van der Waals surface area contributed by atoms with Crippen molar-refractivity contribution in [1.82, 2.24) is 10.0 Å². The number of aryl methyl sites for hydroxylation is 1. The standard InChI is InChI=1S/C14H20N2O3S2/c1-11(5-6-12-4-3-9-19-12)16-21(17,18)14-8-7-13(20-14)10-15-2/h3-4,7-9,11,15-16H,5-6,10H2,1-2H3. The highest BCUT2D eigenvalue weighted by molar-refractivity contribution is 7.91. The average molecular weight is 328 g/mol. The largest absolute Gasteiger partial charge is 0.469 e. The molecule has 21 heavy (non-hydrogen) atoms. The molecule has 1 unspecified atom stereocenters. The third kappa shape index (κ3) is 4.67. The van der Waals surface area contributed by atoms with Crippen LogP contribution in [0.3, 0.4) is 0 Å². The Morgan fingerprint density at radius 3 is 2.81 bits per heavy atom. The lowest BCUT2D eigenvalue weighted by molar-refractivity contribution is 0.480. The van der Waals surface area contributed by atoms with Crippen LogP contribution < -0.4 is 10.0 Å². The molecule has 0 aliphatic carbocycles. The quantitative estimate of drug-likeness (QED) is 0.780. The molecule has 5 nitrogen and oxygen atoms in total. The van der Waals surface area contributed by atoms with Gasteiger partial charge in [0.15, 0.2) is 0 Å². The third-order valence-electron chi connectivity index (χ3n) is 3.01. The number of nitrogens with one attached hydrogen (secondary N) is 2. The van der Waals surface area contributed by atoms with Gasteiger partial charge in [-0.25, -0.2) is 13.1 Å². The first-order chi connectivity index (χ1) is 10.0. The van der Waals surface area contributed by atoms with Gasteiger partial charge in [0.05, 0.1) is 6.26 Å². The van der Waals surface area contributed by atoms with Gasteiger partial charge < -0.3 is 9.73 Å². The molecule has 2 N–H and O–H groups in total. The lowest BCUT2D eigenvalue weighted by Crippen LogP contribution is -2.32. The molecule has 116 valence electrons. The molecule has 7 heteroatoms. The first kappa shape index (κ1) is 16.2. The van der Waals surface area contributed by atoms with Gasteiger partial charge in [0, 0.05) is 23.9 Å². The maximum absolute atomic E-state index is 12.3. The number of furan rings is 1. The highest BCUT2D eigenvalue weighted by Gasteiger charge is 2.19. The van der Waals surface area contributed by atoms with Gasteiger partial charge in [-0.1, -0.05) is 0 Å². The minimum absolute atomic E-state index is 0.144. The summed E-state index contributed by atoms with van der Waals surface area (Å²) >= 11 is 1.29. The molecule has 0 aliphatic rings. The summed E-state index contributed by atoms with van der Waals surface area (Å²) in [6, 6.07) is 7.07. The minimum atomic E-state index is -3.44. The second kappa shape index (κ2) is 7.22. The van der Waals surface area contributed by atoms with E-state index < -0.39 is 10.0 Å². The number of hydrogen-bond acceptors (Lipinski definition) is 5. The zero-order valence-electron chi connectivity index (χ0n) is 12.1. The maximum Gasteiger partial charge on any atom is 0.250 e. The van der Waals surface area contributed by atoms with Crippen LogP contribution in [0.15, 0.2) is 39.2 Å². The lowest BCUT2D eigenvalue weighted by atomic mass is 10.2. The van der Waals surface area contributed by atoms with Crippen molar-refractivity contribution in [3.63, 3.8) is 0 Å². The fourth-order valence-corrected chi connectivity index (χ4v) is 4.63. The Balaban J connectivity index is 1.92. The van der Waals surface area contributed by atoms with Gasteiger partial charge in [-0.15, -0.1) is 11.3 Å². The van der Waals surface area contributed by atoms with Crippen LogP contribution in [0.1, 0.15) is 24.0 Å². The molecule has 0 spiro atoms. The highest BCUT2D eigenvalue weighted by atomic mass is 32.2. The Hall–Kier alpha value is -1.15. The van der Waals surface area contributed by atoms with Crippen LogP contribution in [0.5, 0.6) is 0 Å². The number of hydrogen-bond donors (Lipinski definition) is 2. The van der Waals surface area contributed by atoms with Gasteiger partial charge in [0.25, 0.3) is 0 Å². The molecule has 0 aromatic carbocycles. The number of thiophene rings is 1. The molecular weight excluding hydrogens is 308 g/mol. The zero-order chi connectivity index (χ0) is 15.3. The third-order valence-corrected chi connectivity index (χ3v) is 6.18. The Morgan fingerprint density at radius 1 is 1.33 bits per heavy atom. The summed E-state index contributed by atoms with van der Waals surface area (Å²) in [4.78, 5) is 1.00. The monoisotopic (exact) mass is 328 g/mol. The summed E-state index contributed by atoms with van der Waals surface area (Å²) in [7, 11) is -1.60. The van der Waals surface area contributed by atoms with Crippen molar-refractivity contribution >= 4 is 21.4 Å². The van der Waals surface area contributed by atoms with Crippen LogP contribution in [0.25, 0.3) is 0 Å². The fraction of sp³-hybridized carbons (Fsp3) is 0.429. The van der Waals surface area contributed by atoms with E-state index in [4.69, 9.17) is 4.42 Å². The van der Waals surface area contributed by atoms with Gasteiger partial charge in [-0.05, 0) is 44.7 Å². The van der Waals surface area contributed by atoms with Crippen molar-refractivity contribution in [3.05, 3.63) is 41.2 Å². The lowest BCUT2D eigenvalue weighted by Gasteiger charge is -2.12. The van der Waals surface area contributed by atoms with Crippen LogP contribution >= 0.6 is 11.3 Å². The molecule has 1 atom stereocenters. The zero-order valence-corrected chi connectivity index (χ0v) is 13.8. The van der Waals surface area contributed by atoms with E-state index in [1.165, 1.54) is 11.3 Å². The predicted molar refractivity (Wildman–Crippen MR) is 83.9 cm³/mol. The predicted octanol–water partition coefficient (Wildman–Crippen LogP) is 2.36. The molecule has 0 saturated heterocycles. The van der Waals surface area contributed by atoms with Crippen molar-refractivity contribution in [2.75, 3.05) is 7.05 Å². The van der Waals surface area contributed by atoms with Gasteiger partial charge >= 0.3 is 0 Å². The summed E-state index contributed by atoms with van der Waals surface area (Å²) < 4.78 is 32.9. The fourth-order valence-electron chi connectivity index (χ4n) is 1.97. The molecule has 0 radical (unpaired) electrons. The summed E-state index contributed by atoms with van der Waals surface area (Å²) in [5.74, 6) is 0.869. The average Bonchev–Trinajstić information content (AvgIpc) is 3.07. The molecule has 0 bridgehead atoms. The first-order valence-corrected chi connectivity index (χ1v) is 9.09. The topological polar surface area (TPSA) is 71.3 Å². The summed E-state index contributed by atoms with van der Waals surface area (Å²) in [5, 5.41) is 3.01. The Labute approximate surface area is 129 Å². The van der Waals surface area contributed by atoms with Gasteiger partial charge in [0.1, 0.15) is 9.97 Å². The van der Waals surface area contributed by atoms with Crippen LogP contribution in [0, 0.1) is 0 Å². The van der Waals surface area contributed by atoms with E-state index in [1.807, 2.05) is 32.2 Å². The smallest absolute Gasteiger partial charge is 0.250 e. The van der Waals surface area contributed by atoms with E-state index in [9.17, 15) is 8.42 Å². The van der Waals surface area contributed by atoms with Crippen molar-refractivity contribution in [2.24, 2.45) is 0 Å². The van der Waals surface area contributed by atoms with Crippen LogP contribution in [-0.4, -0.2) is 21.5 Å². The van der Waals surface area contributed by atoms with E-state index in [0.717, 1.165) is 10.6 Å². The Bertz CT molecular complexity index is 648. The van der Waals surface area contributed by atoms with E-state index in [0.29, 0.717) is 23.6 Å². The molecular formula is C14H20N2O3S2. The summed E-state index contributed by atoms with van der Waals surface area (Å²) in [6.07, 6.45) is 3.03. The van der Waals surface area contributed by atoms with Crippen molar-refractivity contribution in [3.8, 4) is 0 Å². The Kier molecular flexibility index (Phi) is 5.58. The van der Waals surface area contributed by atoms with E-state index in [2.05, 4.69) is 10.0 Å². The van der Waals surface area contributed by atoms with Crippen molar-refractivity contribution in [1.29, 1.82) is 0 Å².